The summed E-state index contributed by atoms with van der Waals surface area (Å²) >= 11 is 0. The summed E-state index contributed by atoms with van der Waals surface area (Å²) in [5.41, 5.74) is 2.01. The van der Waals surface area contributed by atoms with E-state index in [2.05, 4.69) is 23.9 Å². The molecule has 0 radical (unpaired) electrons. The number of aliphatic carboxylic acids is 1. The van der Waals surface area contributed by atoms with Gasteiger partial charge in [0.1, 0.15) is 5.82 Å². The standard InChI is InChI=1S/C18H24N4O3/c1-11(2)14-8-6-7-9-15(14)22-13(4)19-16(20-22)17(23)21(5)10-12(3)18(24)25/h6-9,11-12H,10H2,1-5H3,(H,24,25). The molecule has 1 atom stereocenters. The van der Waals surface area contributed by atoms with Gasteiger partial charge in [0.15, 0.2) is 0 Å². The van der Waals surface area contributed by atoms with Crippen LogP contribution >= 0.6 is 0 Å². The molecule has 0 saturated heterocycles. The van der Waals surface area contributed by atoms with Crippen molar-refractivity contribution in [1.29, 1.82) is 0 Å². The second-order valence-corrected chi connectivity index (χ2v) is 6.53. The third-order valence-corrected chi connectivity index (χ3v) is 4.06. The number of carboxylic acid groups (broad SMARTS) is 1. The van der Waals surface area contributed by atoms with Crippen LogP contribution in [0.4, 0.5) is 0 Å². The van der Waals surface area contributed by atoms with E-state index in [1.165, 1.54) is 4.90 Å². The molecule has 1 amide bonds. The van der Waals surface area contributed by atoms with Crippen molar-refractivity contribution in [2.24, 2.45) is 5.92 Å². The lowest BCUT2D eigenvalue weighted by Gasteiger charge is -2.17. The number of aryl methyl sites for hydroxylation is 1. The van der Waals surface area contributed by atoms with Crippen molar-refractivity contribution < 1.29 is 14.7 Å². The number of carboxylic acids is 1. The van der Waals surface area contributed by atoms with E-state index >= 15 is 0 Å². The van der Waals surface area contributed by atoms with Crippen molar-refractivity contribution in [1.82, 2.24) is 19.7 Å². The smallest absolute Gasteiger partial charge is 0.308 e. The number of nitrogens with zero attached hydrogens (tertiary/aromatic N) is 4. The fraction of sp³-hybridized carbons (Fsp3) is 0.444. The Labute approximate surface area is 147 Å². The number of carbonyl (C=O) groups is 2. The van der Waals surface area contributed by atoms with Crippen LogP contribution < -0.4 is 0 Å². The second kappa shape index (κ2) is 7.46. The Morgan fingerprint density at radius 1 is 1.24 bits per heavy atom. The highest BCUT2D eigenvalue weighted by atomic mass is 16.4. The van der Waals surface area contributed by atoms with Crippen LogP contribution in [0.15, 0.2) is 24.3 Å². The quantitative estimate of drug-likeness (QED) is 0.870. The van der Waals surface area contributed by atoms with Gasteiger partial charge in [-0.05, 0) is 24.5 Å². The summed E-state index contributed by atoms with van der Waals surface area (Å²) in [6.45, 7) is 7.64. The molecule has 1 heterocycles. The maximum atomic E-state index is 12.5. The van der Waals surface area contributed by atoms with Crippen molar-refractivity contribution in [3.8, 4) is 5.69 Å². The lowest BCUT2D eigenvalue weighted by Crippen LogP contribution is -2.34. The Bertz CT molecular complexity index is 782. The first-order valence-electron chi connectivity index (χ1n) is 8.23. The Morgan fingerprint density at radius 2 is 1.88 bits per heavy atom. The van der Waals surface area contributed by atoms with Crippen molar-refractivity contribution in [3.63, 3.8) is 0 Å². The molecule has 1 unspecified atom stereocenters. The van der Waals surface area contributed by atoms with E-state index in [4.69, 9.17) is 5.11 Å². The van der Waals surface area contributed by atoms with Crippen molar-refractivity contribution in [2.75, 3.05) is 13.6 Å². The van der Waals surface area contributed by atoms with Crippen molar-refractivity contribution in [2.45, 2.75) is 33.6 Å². The lowest BCUT2D eigenvalue weighted by molar-refractivity contribution is -0.141. The van der Waals surface area contributed by atoms with Crippen molar-refractivity contribution >= 4 is 11.9 Å². The predicted molar refractivity (Wildman–Crippen MR) is 93.9 cm³/mol. The summed E-state index contributed by atoms with van der Waals surface area (Å²) in [5, 5.41) is 13.4. The zero-order valence-electron chi connectivity index (χ0n) is 15.2. The SMILES string of the molecule is Cc1nc(C(=O)N(C)CC(C)C(=O)O)nn1-c1ccccc1C(C)C. The van der Waals surface area contributed by atoms with Crippen molar-refractivity contribution in [3.05, 3.63) is 41.5 Å². The Balaban J connectivity index is 2.32. The molecular formula is C18H24N4O3. The first-order chi connectivity index (χ1) is 11.7. The van der Waals surface area contributed by atoms with Crippen LogP contribution in [0.2, 0.25) is 0 Å². The number of carbonyl (C=O) groups excluding carboxylic acids is 1. The molecule has 2 aromatic rings. The average Bonchev–Trinajstić information content (AvgIpc) is 2.95. The Hall–Kier alpha value is -2.70. The zero-order valence-corrected chi connectivity index (χ0v) is 15.2. The molecule has 1 N–H and O–H groups in total. The number of benzene rings is 1. The highest BCUT2D eigenvalue weighted by molar-refractivity contribution is 5.90. The normalized spacial score (nSPS) is 12.2. The van der Waals surface area contributed by atoms with Gasteiger partial charge in [-0.15, -0.1) is 5.10 Å². The number of amides is 1. The highest BCUT2D eigenvalue weighted by Gasteiger charge is 2.23. The molecule has 134 valence electrons. The summed E-state index contributed by atoms with van der Waals surface area (Å²) in [6, 6.07) is 7.87. The molecule has 1 aromatic heterocycles. The number of para-hydroxylation sites is 1. The molecule has 2 rings (SSSR count). The monoisotopic (exact) mass is 344 g/mol. The maximum absolute atomic E-state index is 12.5. The summed E-state index contributed by atoms with van der Waals surface area (Å²) in [6.07, 6.45) is 0. The topological polar surface area (TPSA) is 88.3 Å². The van der Waals surface area contributed by atoms with Gasteiger partial charge in [0.25, 0.3) is 5.91 Å². The van der Waals surface area contributed by atoms with E-state index in [1.54, 1.807) is 25.6 Å². The molecule has 7 heteroatoms. The molecule has 0 aliphatic carbocycles. The van der Waals surface area contributed by atoms with Crippen LogP contribution in [0.1, 0.15) is 48.7 Å². The first-order valence-corrected chi connectivity index (χ1v) is 8.23. The largest absolute Gasteiger partial charge is 0.481 e. The average molecular weight is 344 g/mol. The van der Waals surface area contributed by atoms with Crippen LogP contribution in [-0.2, 0) is 4.79 Å². The van der Waals surface area contributed by atoms with E-state index in [0.717, 1.165) is 11.3 Å². The lowest BCUT2D eigenvalue weighted by atomic mass is 10.0. The molecule has 1 aromatic carbocycles. The maximum Gasteiger partial charge on any atom is 0.308 e. The van der Waals surface area contributed by atoms with E-state index in [-0.39, 0.29) is 12.4 Å². The van der Waals surface area contributed by atoms with Crippen LogP contribution in [0, 0.1) is 12.8 Å². The predicted octanol–water partition coefficient (Wildman–Crippen LogP) is 2.49. The molecule has 0 aliphatic rings. The van der Waals surface area contributed by atoms with Crippen LogP contribution in [0.25, 0.3) is 5.69 Å². The summed E-state index contributed by atoms with van der Waals surface area (Å²) < 4.78 is 1.66. The van der Waals surface area contributed by atoms with E-state index < -0.39 is 17.8 Å². The van der Waals surface area contributed by atoms with Crippen LogP contribution in [0.5, 0.6) is 0 Å². The minimum Gasteiger partial charge on any atom is -0.481 e. The van der Waals surface area contributed by atoms with Gasteiger partial charge in [-0.25, -0.2) is 9.67 Å². The minimum absolute atomic E-state index is 0.0659. The van der Waals surface area contributed by atoms with Gasteiger partial charge in [0.05, 0.1) is 11.6 Å². The van der Waals surface area contributed by atoms with Gasteiger partial charge < -0.3 is 10.0 Å². The number of hydrogen-bond acceptors (Lipinski definition) is 4. The van der Waals surface area contributed by atoms with Gasteiger partial charge in [-0.1, -0.05) is 39.0 Å². The van der Waals surface area contributed by atoms with Crippen LogP contribution in [-0.4, -0.2) is 50.2 Å². The van der Waals surface area contributed by atoms with Crippen LogP contribution in [0.3, 0.4) is 0 Å². The molecule has 0 fully saturated rings. The number of aromatic nitrogens is 3. The molecule has 25 heavy (non-hydrogen) atoms. The van der Waals surface area contributed by atoms with Gasteiger partial charge in [0, 0.05) is 13.6 Å². The van der Waals surface area contributed by atoms with E-state index in [0.29, 0.717) is 11.7 Å². The van der Waals surface area contributed by atoms with Gasteiger partial charge in [-0.3, -0.25) is 9.59 Å². The summed E-state index contributed by atoms with van der Waals surface area (Å²) in [5.74, 6) is -1.01. The molecule has 0 aliphatic heterocycles. The van der Waals surface area contributed by atoms with Gasteiger partial charge in [0.2, 0.25) is 5.82 Å². The highest BCUT2D eigenvalue weighted by Crippen LogP contribution is 2.23. The Morgan fingerprint density at radius 3 is 2.48 bits per heavy atom. The van der Waals surface area contributed by atoms with E-state index in [9.17, 15) is 9.59 Å². The second-order valence-electron chi connectivity index (χ2n) is 6.53. The molecule has 0 bridgehead atoms. The minimum atomic E-state index is -0.944. The molecule has 0 spiro atoms. The Kier molecular flexibility index (Phi) is 5.56. The third-order valence-electron chi connectivity index (χ3n) is 4.06. The molecular weight excluding hydrogens is 320 g/mol. The van der Waals surface area contributed by atoms with Gasteiger partial charge in [-0.2, -0.15) is 0 Å². The first kappa shape index (κ1) is 18.6. The third kappa shape index (κ3) is 4.04. The summed E-state index contributed by atoms with van der Waals surface area (Å²) in [7, 11) is 1.56. The fourth-order valence-electron chi connectivity index (χ4n) is 2.62. The van der Waals surface area contributed by atoms with Gasteiger partial charge >= 0.3 is 5.97 Å². The molecule has 7 nitrogen and oxygen atoms in total. The fourth-order valence-corrected chi connectivity index (χ4v) is 2.62. The number of hydrogen-bond donors (Lipinski definition) is 1. The zero-order chi connectivity index (χ0) is 18.7. The van der Waals surface area contributed by atoms with E-state index in [1.807, 2.05) is 24.3 Å². The summed E-state index contributed by atoms with van der Waals surface area (Å²) in [4.78, 5) is 29.1. The number of rotatable bonds is 6. The molecule has 0 saturated carbocycles.